The molecule has 3 N–H and O–H groups in total. The second-order valence-corrected chi connectivity index (χ2v) is 8.96. The molecule has 1 aromatic heterocycles. The lowest BCUT2D eigenvalue weighted by Crippen LogP contribution is -2.64. The van der Waals surface area contributed by atoms with Crippen LogP contribution in [-0.4, -0.2) is 23.3 Å². The summed E-state index contributed by atoms with van der Waals surface area (Å²) >= 11 is 5.36. The molecule has 3 fully saturated rings. The molecule has 2 aliphatic heterocycles. The van der Waals surface area contributed by atoms with Crippen molar-refractivity contribution in [2.45, 2.75) is 56.9 Å². The van der Waals surface area contributed by atoms with Crippen molar-refractivity contribution in [3.63, 3.8) is 0 Å². The average molecular weight is 345 g/mol. The van der Waals surface area contributed by atoms with E-state index < -0.39 is 0 Å². The number of ether oxygens (including phenoxy) is 1. The first-order chi connectivity index (χ1) is 8.81. The number of aryl methyl sites for hydroxylation is 1. The first-order valence-electron chi connectivity index (χ1n) is 6.72. The maximum atomic E-state index is 6.19. The van der Waals surface area contributed by atoms with Crippen molar-refractivity contribution < 1.29 is 4.74 Å². The first kappa shape index (κ1) is 14.0. The molecule has 1 aromatic rings. The summed E-state index contributed by atoms with van der Waals surface area (Å²) in [5, 5.41) is 3.75. The maximum Gasteiger partial charge on any atom is 0.0849 e. The highest BCUT2D eigenvalue weighted by atomic mass is 79.9. The van der Waals surface area contributed by atoms with Gasteiger partial charge >= 0.3 is 0 Å². The van der Waals surface area contributed by atoms with Crippen molar-refractivity contribution in [1.82, 2.24) is 5.32 Å². The van der Waals surface area contributed by atoms with E-state index >= 15 is 0 Å². The zero-order valence-corrected chi connectivity index (χ0v) is 14.1. The van der Waals surface area contributed by atoms with Crippen LogP contribution < -0.4 is 11.1 Å². The van der Waals surface area contributed by atoms with Gasteiger partial charge in [0.1, 0.15) is 0 Å². The highest BCUT2D eigenvalue weighted by Crippen LogP contribution is 2.60. The van der Waals surface area contributed by atoms with Gasteiger partial charge < -0.3 is 15.8 Å². The third-order valence-corrected chi connectivity index (χ3v) is 6.56. The Morgan fingerprint density at radius 3 is 2.63 bits per heavy atom. The van der Waals surface area contributed by atoms with Crippen LogP contribution >= 0.6 is 27.3 Å². The highest BCUT2D eigenvalue weighted by molar-refractivity contribution is 9.11. The van der Waals surface area contributed by atoms with Crippen LogP contribution in [0, 0.1) is 6.92 Å². The molecule has 0 radical (unpaired) electrons. The largest absolute Gasteiger partial charge is 0.366 e. The van der Waals surface area contributed by atoms with Gasteiger partial charge in [-0.05, 0) is 61.2 Å². The first-order valence-corrected chi connectivity index (χ1v) is 8.33. The topological polar surface area (TPSA) is 47.3 Å². The summed E-state index contributed by atoms with van der Waals surface area (Å²) in [5.41, 5.74) is 7.11. The molecule has 3 heterocycles. The average Bonchev–Trinajstić information content (AvgIpc) is 2.78. The lowest BCUT2D eigenvalue weighted by molar-refractivity contribution is -0.0488. The smallest absolute Gasteiger partial charge is 0.0849 e. The van der Waals surface area contributed by atoms with Gasteiger partial charge in [-0.3, -0.25) is 0 Å². The van der Waals surface area contributed by atoms with Gasteiger partial charge in [-0.2, -0.15) is 0 Å². The Bertz CT molecular complexity index is 506. The van der Waals surface area contributed by atoms with Gasteiger partial charge in [-0.25, -0.2) is 0 Å². The van der Waals surface area contributed by atoms with Gasteiger partial charge in [0.05, 0.1) is 20.5 Å². The van der Waals surface area contributed by atoms with E-state index in [0.29, 0.717) is 6.54 Å². The minimum absolute atomic E-state index is 0.0679. The predicted octanol–water partition coefficient (Wildman–Crippen LogP) is 2.95. The molecule has 19 heavy (non-hydrogen) atoms. The molecule has 3 nitrogen and oxygen atoms in total. The summed E-state index contributed by atoms with van der Waals surface area (Å²) in [6.07, 6.45) is 2.07. The molecule has 0 unspecified atom stereocenters. The summed E-state index contributed by atoms with van der Waals surface area (Å²) in [6.45, 7) is 8.07. The Balaban J connectivity index is 1.73. The van der Waals surface area contributed by atoms with Crippen LogP contribution in [0.25, 0.3) is 0 Å². The summed E-state index contributed by atoms with van der Waals surface area (Å²) in [6, 6.07) is 2.18. The van der Waals surface area contributed by atoms with Crippen molar-refractivity contribution in [2.75, 3.05) is 6.54 Å². The number of hydrogen-bond donors (Lipinski definition) is 2. The summed E-state index contributed by atoms with van der Waals surface area (Å²) < 4.78 is 7.39. The van der Waals surface area contributed by atoms with Gasteiger partial charge in [0, 0.05) is 18.0 Å². The molecule has 0 amide bonds. The van der Waals surface area contributed by atoms with Crippen LogP contribution in [0.1, 0.15) is 37.1 Å². The Morgan fingerprint density at radius 2 is 2.16 bits per heavy atom. The highest BCUT2D eigenvalue weighted by Gasteiger charge is 2.70. The monoisotopic (exact) mass is 344 g/mol. The van der Waals surface area contributed by atoms with Crippen LogP contribution in [0.3, 0.4) is 0 Å². The molecule has 2 bridgehead atoms. The lowest BCUT2D eigenvalue weighted by atomic mass is 9.62. The van der Waals surface area contributed by atoms with Gasteiger partial charge in [-0.1, -0.05) is 0 Å². The molecule has 4 rings (SSSR count). The van der Waals surface area contributed by atoms with Crippen LogP contribution in [0.2, 0.25) is 0 Å². The fourth-order valence-corrected chi connectivity index (χ4v) is 5.38. The zero-order valence-electron chi connectivity index (χ0n) is 11.7. The minimum atomic E-state index is -0.130. The van der Waals surface area contributed by atoms with Crippen molar-refractivity contribution in [3.05, 3.63) is 20.3 Å². The molecule has 0 atom stereocenters. The van der Waals surface area contributed by atoms with Crippen LogP contribution in [0.5, 0.6) is 0 Å². The van der Waals surface area contributed by atoms with Gasteiger partial charge in [-0.15, -0.1) is 11.3 Å². The van der Waals surface area contributed by atoms with Crippen molar-refractivity contribution in [3.8, 4) is 0 Å². The lowest BCUT2D eigenvalue weighted by Gasteiger charge is -2.47. The van der Waals surface area contributed by atoms with E-state index in [4.69, 9.17) is 10.5 Å². The molecule has 3 aliphatic rings. The number of nitrogens with one attached hydrogen (secondary N) is 1. The van der Waals surface area contributed by atoms with Crippen molar-refractivity contribution >= 4 is 27.3 Å². The van der Waals surface area contributed by atoms with E-state index in [1.165, 1.54) is 14.2 Å². The van der Waals surface area contributed by atoms with Crippen molar-refractivity contribution in [2.24, 2.45) is 5.73 Å². The van der Waals surface area contributed by atoms with Crippen LogP contribution in [0.4, 0.5) is 0 Å². The Kier molecular flexibility index (Phi) is 3.15. The van der Waals surface area contributed by atoms with Gasteiger partial charge in [0.2, 0.25) is 0 Å². The van der Waals surface area contributed by atoms with E-state index in [0.717, 1.165) is 19.4 Å². The molecular formula is C14H21BrN2OS. The second-order valence-electron chi connectivity index (χ2n) is 6.45. The normalized spacial score (nSPS) is 35.4. The number of hydrogen-bond acceptors (Lipinski definition) is 4. The van der Waals surface area contributed by atoms with Crippen LogP contribution in [0.15, 0.2) is 9.85 Å². The minimum Gasteiger partial charge on any atom is -0.366 e. The molecule has 0 aromatic carbocycles. The van der Waals surface area contributed by atoms with E-state index in [1.807, 2.05) is 11.3 Å². The van der Waals surface area contributed by atoms with Gasteiger partial charge in [0.15, 0.2) is 0 Å². The third-order valence-electron chi connectivity index (χ3n) is 4.82. The Labute approximate surface area is 127 Å². The van der Waals surface area contributed by atoms with Crippen LogP contribution in [-0.2, 0) is 11.3 Å². The number of halogens is 1. The van der Waals surface area contributed by atoms with E-state index in [-0.39, 0.29) is 16.7 Å². The number of thiophene rings is 1. The summed E-state index contributed by atoms with van der Waals surface area (Å²) in [4.78, 5) is 1.40. The number of nitrogens with two attached hydrogens (primary N) is 1. The Hall–Kier alpha value is 0.0600. The Morgan fingerprint density at radius 1 is 1.47 bits per heavy atom. The standard InChI is InChI=1S/C14H21BrN2OS/c1-9-4-11(15)19-10(9)5-17-14-6-13(7-14,8-16)18-12(14,2)3/h4,17H,5-8,16H2,1-3H3. The fraction of sp³-hybridized carbons (Fsp3) is 0.714. The SMILES string of the molecule is Cc1cc(Br)sc1CNC12CC(CN)(C1)OC2(C)C. The number of rotatable bonds is 4. The molecule has 0 spiro atoms. The molecule has 5 heteroatoms. The second kappa shape index (κ2) is 4.28. The quantitative estimate of drug-likeness (QED) is 0.882. The fourth-order valence-electron chi connectivity index (χ4n) is 3.61. The third kappa shape index (κ3) is 2.02. The molecule has 2 saturated heterocycles. The molecule has 1 saturated carbocycles. The summed E-state index contributed by atoms with van der Waals surface area (Å²) in [7, 11) is 0. The zero-order chi connectivity index (χ0) is 13.9. The predicted molar refractivity (Wildman–Crippen MR) is 82.5 cm³/mol. The van der Waals surface area contributed by atoms with E-state index in [9.17, 15) is 0 Å². The molecule has 106 valence electrons. The van der Waals surface area contributed by atoms with E-state index in [1.54, 1.807) is 0 Å². The van der Waals surface area contributed by atoms with E-state index in [2.05, 4.69) is 48.1 Å². The summed E-state index contributed by atoms with van der Waals surface area (Å²) in [5.74, 6) is 0. The van der Waals surface area contributed by atoms with Crippen molar-refractivity contribution in [1.29, 1.82) is 0 Å². The molecule has 1 aliphatic carbocycles. The number of fused-ring (bicyclic) bond motifs is 1. The molecular weight excluding hydrogens is 324 g/mol. The van der Waals surface area contributed by atoms with Gasteiger partial charge in [0.25, 0.3) is 0 Å². The maximum absolute atomic E-state index is 6.19.